The van der Waals surface area contributed by atoms with E-state index in [9.17, 15) is 28.2 Å². The van der Waals surface area contributed by atoms with Crippen LogP contribution in [0.2, 0.25) is 0 Å². The summed E-state index contributed by atoms with van der Waals surface area (Å²) in [6, 6.07) is 9.49. The third kappa shape index (κ3) is 4.85. The van der Waals surface area contributed by atoms with E-state index in [0.717, 1.165) is 23.9 Å². The maximum atomic E-state index is 13.0. The fourth-order valence-corrected chi connectivity index (χ4v) is 5.37. The lowest BCUT2D eigenvalue weighted by molar-refractivity contribution is -0.137. The van der Waals surface area contributed by atoms with E-state index in [1.165, 1.54) is 23.5 Å². The van der Waals surface area contributed by atoms with Crippen molar-refractivity contribution in [1.82, 2.24) is 15.0 Å². The maximum Gasteiger partial charge on any atom is 0.416 e. The van der Waals surface area contributed by atoms with Gasteiger partial charge in [-0.1, -0.05) is 6.07 Å². The summed E-state index contributed by atoms with van der Waals surface area (Å²) in [6.45, 7) is 0. The molecule has 0 fully saturated rings. The van der Waals surface area contributed by atoms with Gasteiger partial charge >= 0.3 is 12.1 Å². The van der Waals surface area contributed by atoms with Gasteiger partial charge in [0.15, 0.2) is 0 Å². The van der Waals surface area contributed by atoms with Gasteiger partial charge in [-0.15, -0.1) is 11.3 Å². The minimum absolute atomic E-state index is 0.0438. The van der Waals surface area contributed by atoms with Crippen molar-refractivity contribution in [3.63, 3.8) is 0 Å². The van der Waals surface area contributed by atoms with Crippen LogP contribution in [0.1, 0.15) is 44.9 Å². The van der Waals surface area contributed by atoms with E-state index in [4.69, 9.17) is 5.73 Å². The quantitative estimate of drug-likeness (QED) is 0.278. The molecule has 1 aromatic carbocycles. The average molecular weight is 528 g/mol. The maximum absolute atomic E-state index is 13.0. The molecule has 5 rings (SSSR count). The molecule has 37 heavy (non-hydrogen) atoms. The van der Waals surface area contributed by atoms with Crippen molar-refractivity contribution in [1.29, 1.82) is 0 Å². The Morgan fingerprint density at radius 2 is 1.92 bits per heavy atom. The molecule has 1 aliphatic carbocycles. The van der Waals surface area contributed by atoms with Gasteiger partial charge in [0.2, 0.25) is 0 Å². The minimum atomic E-state index is -4.51. The van der Waals surface area contributed by atoms with Crippen LogP contribution in [0.5, 0.6) is 0 Å². The summed E-state index contributed by atoms with van der Waals surface area (Å²) in [5, 5.41) is 24.1. The molecule has 0 aliphatic heterocycles. The second-order valence-corrected chi connectivity index (χ2v) is 9.67. The number of alkyl halides is 3. The number of hydrogen-bond acceptors (Lipinski definition) is 8. The summed E-state index contributed by atoms with van der Waals surface area (Å²) in [5.74, 6) is -0.886. The Labute approximate surface area is 212 Å². The molecule has 3 heterocycles. The van der Waals surface area contributed by atoms with Crippen LogP contribution in [0.15, 0.2) is 54.9 Å². The average Bonchev–Trinajstić information content (AvgIpc) is 3.35. The molecule has 0 bridgehead atoms. The number of nitrogen functional groups attached to an aromatic ring is 1. The molecule has 0 saturated heterocycles. The zero-order valence-electron chi connectivity index (χ0n) is 19.1. The number of carboxylic acids is 1. The van der Waals surface area contributed by atoms with Crippen molar-refractivity contribution in [2.75, 3.05) is 11.1 Å². The minimum Gasteiger partial charge on any atom is -0.478 e. The number of nitrogens with one attached hydrogen (secondary N) is 1. The highest BCUT2D eigenvalue weighted by Crippen LogP contribution is 2.44. The molecule has 1 atom stereocenters. The zero-order valence-corrected chi connectivity index (χ0v) is 19.9. The standard InChI is InChI=1S/C25H20F3N5O3S/c26-25(27,28)15-5-7-30-20(9-15)33-21-11-16(29)10-18(32-21)19-12-31-23(37-19)24(36)6-1-2-13-8-14(22(34)35)3-4-17(13)24/h3-5,7-12,36H,1-2,6H2,(H,34,35)(H3,29,30,32,33). The monoisotopic (exact) mass is 527 g/mol. The number of nitrogens with two attached hydrogens (primary N) is 1. The summed E-state index contributed by atoms with van der Waals surface area (Å²) < 4.78 is 39.1. The van der Waals surface area contributed by atoms with Gasteiger partial charge in [-0.05, 0) is 60.7 Å². The first-order valence-electron chi connectivity index (χ1n) is 11.2. The first-order chi connectivity index (χ1) is 17.5. The molecule has 0 saturated carbocycles. The van der Waals surface area contributed by atoms with E-state index >= 15 is 0 Å². The second-order valence-electron chi connectivity index (χ2n) is 8.64. The largest absolute Gasteiger partial charge is 0.478 e. The normalized spacial score (nSPS) is 17.3. The van der Waals surface area contributed by atoms with Gasteiger partial charge in [0.25, 0.3) is 0 Å². The predicted octanol–water partition coefficient (Wildman–Crippen LogP) is 5.22. The molecule has 1 unspecified atom stereocenters. The Kier molecular flexibility index (Phi) is 6.08. The Morgan fingerprint density at radius 3 is 2.68 bits per heavy atom. The van der Waals surface area contributed by atoms with Gasteiger partial charge < -0.3 is 21.3 Å². The third-order valence-electron chi connectivity index (χ3n) is 6.09. The number of aryl methyl sites for hydroxylation is 1. The number of pyridine rings is 2. The number of rotatable bonds is 5. The van der Waals surface area contributed by atoms with Gasteiger partial charge in [0.05, 0.1) is 21.7 Å². The summed E-state index contributed by atoms with van der Waals surface area (Å²) in [7, 11) is 0. The molecule has 190 valence electrons. The lowest BCUT2D eigenvalue weighted by Crippen LogP contribution is -2.32. The van der Waals surface area contributed by atoms with E-state index in [1.54, 1.807) is 24.4 Å². The molecule has 3 aromatic heterocycles. The van der Waals surface area contributed by atoms with E-state index in [0.29, 0.717) is 46.1 Å². The van der Waals surface area contributed by atoms with Crippen molar-refractivity contribution in [3.8, 4) is 10.6 Å². The van der Waals surface area contributed by atoms with Crippen LogP contribution in [0.3, 0.4) is 0 Å². The number of aromatic carboxylic acids is 1. The number of halogens is 3. The van der Waals surface area contributed by atoms with E-state index in [2.05, 4.69) is 20.3 Å². The van der Waals surface area contributed by atoms with Crippen LogP contribution in [0, 0.1) is 0 Å². The van der Waals surface area contributed by atoms with Crippen molar-refractivity contribution < 1.29 is 28.2 Å². The second kappa shape index (κ2) is 9.12. The van der Waals surface area contributed by atoms with Crippen LogP contribution in [0.4, 0.5) is 30.5 Å². The van der Waals surface area contributed by atoms with Gasteiger partial charge in [0, 0.05) is 24.1 Å². The van der Waals surface area contributed by atoms with Crippen molar-refractivity contribution in [2.24, 2.45) is 0 Å². The first kappa shape index (κ1) is 24.7. The van der Waals surface area contributed by atoms with Gasteiger partial charge in [-0.3, -0.25) is 0 Å². The van der Waals surface area contributed by atoms with Crippen LogP contribution < -0.4 is 11.1 Å². The number of thiazole rings is 1. The molecule has 0 spiro atoms. The highest BCUT2D eigenvalue weighted by Gasteiger charge is 2.39. The Morgan fingerprint density at radius 1 is 1.11 bits per heavy atom. The number of aromatic nitrogens is 3. The molecule has 0 radical (unpaired) electrons. The van der Waals surface area contributed by atoms with E-state index in [1.807, 2.05) is 0 Å². The van der Waals surface area contributed by atoms with Gasteiger partial charge in [0.1, 0.15) is 22.2 Å². The predicted molar refractivity (Wildman–Crippen MR) is 132 cm³/mol. The molecule has 0 amide bonds. The van der Waals surface area contributed by atoms with E-state index in [-0.39, 0.29) is 17.2 Å². The number of fused-ring (bicyclic) bond motifs is 1. The molecular formula is C25H20F3N5O3S. The summed E-state index contributed by atoms with van der Waals surface area (Å²) in [6.07, 6.45) is -0.206. The van der Waals surface area contributed by atoms with Crippen molar-refractivity contribution in [3.05, 3.63) is 82.1 Å². The highest BCUT2D eigenvalue weighted by atomic mass is 32.1. The van der Waals surface area contributed by atoms with Crippen LogP contribution in [0.25, 0.3) is 10.6 Å². The molecule has 8 nitrogen and oxygen atoms in total. The number of carbonyl (C=O) groups is 1. The highest BCUT2D eigenvalue weighted by molar-refractivity contribution is 7.15. The Bertz CT molecular complexity index is 1510. The first-order valence-corrected chi connectivity index (χ1v) is 12.0. The van der Waals surface area contributed by atoms with Gasteiger partial charge in [-0.25, -0.2) is 19.7 Å². The van der Waals surface area contributed by atoms with Crippen LogP contribution >= 0.6 is 11.3 Å². The number of aliphatic hydroxyl groups is 1. The number of nitrogens with zero attached hydrogens (tertiary/aromatic N) is 3. The Balaban J connectivity index is 1.46. The molecule has 12 heteroatoms. The number of hydrogen-bond donors (Lipinski definition) is 4. The van der Waals surface area contributed by atoms with Crippen molar-refractivity contribution >= 4 is 34.6 Å². The number of benzene rings is 1. The smallest absolute Gasteiger partial charge is 0.416 e. The number of anilines is 3. The Hall–Kier alpha value is -4.03. The summed E-state index contributed by atoms with van der Waals surface area (Å²) >= 11 is 1.21. The van der Waals surface area contributed by atoms with Crippen molar-refractivity contribution in [2.45, 2.75) is 31.0 Å². The summed E-state index contributed by atoms with van der Waals surface area (Å²) in [5.41, 5.74) is 6.05. The lowest BCUT2D eigenvalue weighted by atomic mass is 9.79. The lowest BCUT2D eigenvalue weighted by Gasteiger charge is -2.33. The van der Waals surface area contributed by atoms with Crippen LogP contribution in [-0.2, 0) is 18.2 Å². The third-order valence-corrected chi connectivity index (χ3v) is 7.26. The van der Waals surface area contributed by atoms with Crippen LogP contribution in [-0.4, -0.2) is 31.1 Å². The van der Waals surface area contributed by atoms with Gasteiger partial charge in [-0.2, -0.15) is 13.2 Å². The fraction of sp³-hybridized carbons (Fsp3) is 0.200. The topological polar surface area (TPSA) is 134 Å². The molecular weight excluding hydrogens is 507 g/mol. The van der Waals surface area contributed by atoms with E-state index < -0.39 is 23.3 Å². The molecule has 5 N–H and O–H groups in total. The number of carboxylic acid groups (broad SMARTS) is 1. The SMILES string of the molecule is Nc1cc(Nc2cc(C(F)(F)F)ccn2)nc(-c2cnc(C3(O)CCCc4cc(C(=O)O)ccc43)s2)c1. The fourth-order valence-electron chi connectivity index (χ4n) is 4.36. The summed E-state index contributed by atoms with van der Waals surface area (Å²) in [4.78, 5) is 24.8. The molecule has 1 aliphatic rings. The molecule has 4 aromatic rings. The zero-order chi connectivity index (χ0) is 26.4.